The van der Waals surface area contributed by atoms with Crippen LogP contribution in [0.3, 0.4) is 0 Å². The Morgan fingerprint density at radius 3 is 2.88 bits per heavy atom. The maximum Gasteiger partial charge on any atom is 0.0718 e. The number of hydrogen-bond donors (Lipinski definition) is 1. The summed E-state index contributed by atoms with van der Waals surface area (Å²) in [4.78, 5) is 4.06. The zero-order chi connectivity index (χ0) is 11.8. The van der Waals surface area contributed by atoms with E-state index < -0.39 is 0 Å². The zero-order valence-electron chi connectivity index (χ0n) is 10.2. The van der Waals surface area contributed by atoms with E-state index in [9.17, 15) is 0 Å². The van der Waals surface area contributed by atoms with E-state index in [1.165, 1.54) is 32.1 Å². The minimum atomic E-state index is 0.457. The molecule has 0 amide bonds. The number of pyridine rings is 1. The van der Waals surface area contributed by atoms with Crippen LogP contribution < -0.4 is 5.32 Å². The molecule has 0 radical (unpaired) electrons. The number of unbranched alkanes of at least 4 members (excludes halogenated alkanes) is 3. The molecule has 0 fully saturated rings. The van der Waals surface area contributed by atoms with Crippen LogP contribution in [0.1, 0.15) is 46.0 Å². The van der Waals surface area contributed by atoms with E-state index in [-0.39, 0.29) is 0 Å². The number of aromatic nitrogens is 1. The highest BCUT2D eigenvalue weighted by Crippen LogP contribution is 2.21. The summed E-state index contributed by atoms with van der Waals surface area (Å²) in [5, 5.41) is 4.14. The van der Waals surface area contributed by atoms with Crippen LogP contribution >= 0.6 is 11.6 Å². The lowest BCUT2D eigenvalue weighted by atomic mass is 10.1. The second-order valence-corrected chi connectivity index (χ2v) is 4.66. The monoisotopic (exact) mass is 240 g/mol. The van der Waals surface area contributed by atoms with Gasteiger partial charge in [0.25, 0.3) is 0 Å². The van der Waals surface area contributed by atoms with Gasteiger partial charge in [-0.05, 0) is 19.4 Å². The second kappa shape index (κ2) is 7.50. The number of nitrogens with one attached hydrogen (secondary N) is 1. The standard InChI is InChI=1S/C13H21ClN2/c1-3-4-5-6-7-11(2)16-13-10-15-9-8-12(13)14/h8-11,16H,3-7H2,1-2H3. The molecular weight excluding hydrogens is 220 g/mol. The van der Waals surface area contributed by atoms with Gasteiger partial charge in [0.2, 0.25) is 0 Å². The Morgan fingerprint density at radius 1 is 1.38 bits per heavy atom. The van der Waals surface area contributed by atoms with E-state index in [0.29, 0.717) is 6.04 Å². The topological polar surface area (TPSA) is 24.9 Å². The van der Waals surface area contributed by atoms with E-state index in [0.717, 1.165) is 10.7 Å². The number of anilines is 1. The number of nitrogens with zero attached hydrogens (tertiary/aromatic N) is 1. The van der Waals surface area contributed by atoms with Crippen LogP contribution in [0, 0.1) is 0 Å². The molecule has 1 aromatic rings. The van der Waals surface area contributed by atoms with Crippen molar-refractivity contribution in [1.29, 1.82) is 0 Å². The van der Waals surface area contributed by atoms with Crippen molar-refractivity contribution in [3.63, 3.8) is 0 Å². The van der Waals surface area contributed by atoms with Gasteiger partial charge in [-0.3, -0.25) is 4.98 Å². The molecule has 16 heavy (non-hydrogen) atoms. The summed E-state index contributed by atoms with van der Waals surface area (Å²) in [6, 6.07) is 2.27. The molecular formula is C13H21ClN2. The van der Waals surface area contributed by atoms with Gasteiger partial charge >= 0.3 is 0 Å². The average Bonchev–Trinajstić information content (AvgIpc) is 2.28. The van der Waals surface area contributed by atoms with Crippen LogP contribution in [0.15, 0.2) is 18.5 Å². The van der Waals surface area contributed by atoms with Crippen molar-refractivity contribution in [2.75, 3.05) is 5.32 Å². The first-order valence-corrected chi connectivity index (χ1v) is 6.48. The lowest BCUT2D eigenvalue weighted by Crippen LogP contribution is -2.15. The van der Waals surface area contributed by atoms with Crippen molar-refractivity contribution in [3.05, 3.63) is 23.5 Å². The Balaban J connectivity index is 2.28. The molecule has 1 unspecified atom stereocenters. The van der Waals surface area contributed by atoms with Crippen LogP contribution in [-0.2, 0) is 0 Å². The zero-order valence-corrected chi connectivity index (χ0v) is 10.9. The van der Waals surface area contributed by atoms with Gasteiger partial charge in [-0.1, -0.05) is 44.2 Å². The van der Waals surface area contributed by atoms with Crippen molar-refractivity contribution in [3.8, 4) is 0 Å². The highest BCUT2D eigenvalue weighted by atomic mass is 35.5. The Kier molecular flexibility index (Phi) is 6.24. The third-order valence-corrected chi connectivity index (χ3v) is 2.99. The first-order valence-electron chi connectivity index (χ1n) is 6.10. The van der Waals surface area contributed by atoms with Gasteiger partial charge in [-0.25, -0.2) is 0 Å². The molecule has 1 aromatic heterocycles. The first-order chi connectivity index (χ1) is 7.74. The summed E-state index contributed by atoms with van der Waals surface area (Å²) in [5.74, 6) is 0. The molecule has 0 aliphatic rings. The molecule has 0 saturated heterocycles. The van der Waals surface area contributed by atoms with Gasteiger partial charge in [0.15, 0.2) is 0 Å². The van der Waals surface area contributed by atoms with Gasteiger partial charge in [0.1, 0.15) is 0 Å². The molecule has 0 aliphatic heterocycles. The van der Waals surface area contributed by atoms with Crippen molar-refractivity contribution >= 4 is 17.3 Å². The third-order valence-electron chi connectivity index (χ3n) is 2.66. The van der Waals surface area contributed by atoms with E-state index in [4.69, 9.17) is 11.6 Å². The van der Waals surface area contributed by atoms with Gasteiger partial charge in [0.05, 0.1) is 16.9 Å². The first kappa shape index (κ1) is 13.3. The molecule has 0 saturated carbocycles. The smallest absolute Gasteiger partial charge is 0.0718 e. The Labute approximate surface area is 103 Å². The second-order valence-electron chi connectivity index (χ2n) is 4.25. The van der Waals surface area contributed by atoms with Gasteiger partial charge in [0, 0.05) is 12.2 Å². The maximum absolute atomic E-state index is 6.05. The van der Waals surface area contributed by atoms with Crippen LogP contribution in [0.4, 0.5) is 5.69 Å². The fraction of sp³-hybridized carbons (Fsp3) is 0.615. The lowest BCUT2D eigenvalue weighted by molar-refractivity contribution is 0.594. The van der Waals surface area contributed by atoms with Crippen molar-refractivity contribution in [2.45, 2.75) is 52.0 Å². The Bertz CT molecular complexity index is 302. The molecule has 2 nitrogen and oxygen atoms in total. The predicted octanol–water partition coefficient (Wildman–Crippen LogP) is 4.51. The largest absolute Gasteiger partial charge is 0.380 e. The Morgan fingerprint density at radius 2 is 2.19 bits per heavy atom. The van der Waals surface area contributed by atoms with Gasteiger partial charge in [-0.15, -0.1) is 0 Å². The molecule has 90 valence electrons. The summed E-state index contributed by atoms with van der Waals surface area (Å²) >= 11 is 6.05. The normalized spacial score (nSPS) is 12.4. The summed E-state index contributed by atoms with van der Waals surface area (Å²) in [6.07, 6.45) is 9.90. The van der Waals surface area contributed by atoms with E-state index in [1.54, 1.807) is 12.4 Å². The number of hydrogen-bond acceptors (Lipinski definition) is 2. The van der Waals surface area contributed by atoms with Crippen LogP contribution in [0.2, 0.25) is 5.02 Å². The molecule has 1 heterocycles. The van der Waals surface area contributed by atoms with Crippen molar-refractivity contribution in [1.82, 2.24) is 4.98 Å². The minimum absolute atomic E-state index is 0.457. The molecule has 1 atom stereocenters. The number of rotatable bonds is 7. The van der Waals surface area contributed by atoms with Gasteiger partial charge in [-0.2, -0.15) is 0 Å². The van der Waals surface area contributed by atoms with Crippen molar-refractivity contribution < 1.29 is 0 Å². The molecule has 0 aliphatic carbocycles. The molecule has 0 aromatic carbocycles. The summed E-state index contributed by atoms with van der Waals surface area (Å²) in [7, 11) is 0. The SMILES string of the molecule is CCCCCCC(C)Nc1cnccc1Cl. The molecule has 0 bridgehead atoms. The molecule has 1 rings (SSSR count). The molecule has 0 spiro atoms. The maximum atomic E-state index is 6.05. The summed E-state index contributed by atoms with van der Waals surface area (Å²) in [6.45, 7) is 4.42. The minimum Gasteiger partial charge on any atom is -0.380 e. The lowest BCUT2D eigenvalue weighted by Gasteiger charge is -2.15. The van der Waals surface area contributed by atoms with Crippen LogP contribution in [-0.4, -0.2) is 11.0 Å². The highest BCUT2D eigenvalue weighted by Gasteiger charge is 2.04. The predicted molar refractivity (Wildman–Crippen MR) is 71.1 cm³/mol. The number of halogens is 1. The van der Waals surface area contributed by atoms with Crippen molar-refractivity contribution in [2.24, 2.45) is 0 Å². The van der Waals surface area contributed by atoms with E-state index >= 15 is 0 Å². The fourth-order valence-electron chi connectivity index (χ4n) is 1.70. The average molecular weight is 241 g/mol. The fourth-order valence-corrected chi connectivity index (χ4v) is 1.86. The third kappa shape index (κ3) is 4.84. The quantitative estimate of drug-likeness (QED) is 0.710. The van der Waals surface area contributed by atoms with Crippen LogP contribution in [0.25, 0.3) is 0 Å². The summed E-state index contributed by atoms with van der Waals surface area (Å²) < 4.78 is 0. The van der Waals surface area contributed by atoms with E-state index in [2.05, 4.69) is 24.1 Å². The summed E-state index contributed by atoms with van der Waals surface area (Å²) in [5.41, 5.74) is 0.937. The Hall–Kier alpha value is -0.760. The van der Waals surface area contributed by atoms with Crippen LogP contribution in [0.5, 0.6) is 0 Å². The molecule has 1 N–H and O–H groups in total. The highest BCUT2D eigenvalue weighted by molar-refractivity contribution is 6.33. The molecule has 3 heteroatoms. The van der Waals surface area contributed by atoms with E-state index in [1.807, 2.05) is 6.07 Å². The van der Waals surface area contributed by atoms with Gasteiger partial charge < -0.3 is 5.32 Å².